The Morgan fingerprint density at radius 2 is 1.88 bits per heavy atom. The van der Waals surface area contributed by atoms with Gasteiger partial charge in [0.15, 0.2) is 5.65 Å². The van der Waals surface area contributed by atoms with E-state index < -0.39 is 10.0 Å². The molecule has 3 aromatic rings. The van der Waals surface area contributed by atoms with E-state index in [1.807, 2.05) is 28.8 Å². The zero-order chi connectivity index (χ0) is 23.7. The summed E-state index contributed by atoms with van der Waals surface area (Å²) in [5, 5.41) is 8.51. The molecule has 10 nitrogen and oxygen atoms in total. The van der Waals surface area contributed by atoms with Gasteiger partial charge in [-0.25, -0.2) is 13.1 Å². The molecule has 0 spiro atoms. The predicted molar refractivity (Wildman–Crippen MR) is 125 cm³/mol. The summed E-state index contributed by atoms with van der Waals surface area (Å²) in [6, 6.07) is 11.9. The molecule has 0 aliphatic carbocycles. The molecule has 2 amide bonds. The molecule has 0 radical (unpaired) electrons. The first-order chi connectivity index (χ1) is 16.4. The molecule has 2 aliphatic rings. The van der Waals surface area contributed by atoms with Crippen LogP contribution in [0.25, 0.3) is 5.65 Å². The summed E-state index contributed by atoms with van der Waals surface area (Å²) >= 11 is 0. The van der Waals surface area contributed by atoms with Gasteiger partial charge in [0.2, 0.25) is 21.8 Å². The Balaban J connectivity index is 1.21. The molecule has 2 fully saturated rings. The van der Waals surface area contributed by atoms with Crippen LogP contribution in [0, 0.1) is 0 Å². The molecular formula is C23H26N6O4S. The monoisotopic (exact) mass is 482 g/mol. The second kappa shape index (κ2) is 9.15. The summed E-state index contributed by atoms with van der Waals surface area (Å²) in [6.07, 6.45) is 4.91. The Bertz CT molecular complexity index is 1320. The van der Waals surface area contributed by atoms with Crippen LogP contribution in [0.4, 0.5) is 5.69 Å². The van der Waals surface area contributed by atoms with E-state index in [2.05, 4.69) is 14.9 Å². The number of piperidine rings is 1. The molecule has 1 aromatic carbocycles. The van der Waals surface area contributed by atoms with E-state index in [1.165, 1.54) is 12.1 Å². The minimum Gasteiger partial charge on any atom is -0.341 e. The van der Waals surface area contributed by atoms with Gasteiger partial charge in [-0.2, -0.15) is 0 Å². The number of benzene rings is 1. The van der Waals surface area contributed by atoms with E-state index in [0.717, 1.165) is 30.7 Å². The van der Waals surface area contributed by atoms with Crippen molar-refractivity contribution in [1.29, 1.82) is 0 Å². The van der Waals surface area contributed by atoms with Crippen molar-refractivity contribution in [3.05, 3.63) is 54.5 Å². The number of pyridine rings is 1. The largest absolute Gasteiger partial charge is 0.341 e. The summed E-state index contributed by atoms with van der Waals surface area (Å²) in [6.45, 7) is 1.36. The summed E-state index contributed by atoms with van der Waals surface area (Å²) in [4.78, 5) is 28.1. The lowest BCUT2D eigenvalue weighted by Gasteiger charge is -2.32. The summed E-state index contributed by atoms with van der Waals surface area (Å²) in [7, 11) is -3.86. The van der Waals surface area contributed by atoms with Crippen molar-refractivity contribution < 1.29 is 18.0 Å². The highest BCUT2D eigenvalue weighted by molar-refractivity contribution is 7.89. The number of nitrogens with one attached hydrogen (secondary N) is 1. The number of likely N-dealkylation sites (tertiary alicyclic amines) is 1. The van der Waals surface area contributed by atoms with Crippen molar-refractivity contribution in [1.82, 2.24) is 24.2 Å². The highest BCUT2D eigenvalue weighted by Crippen LogP contribution is 2.26. The molecule has 2 saturated heterocycles. The minimum absolute atomic E-state index is 0.0348. The number of hydrogen-bond acceptors (Lipinski definition) is 6. The topological polar surface area (TPSA) is 117 Å². The van der Waals surface area contributed by atoms with E-state index in [9.17, 15) is 18.0 Å². The normalized spacial score (nSPS) is 19.2. The molecule has 5 rings (SSSR count). The van der Waals surface area contributed by atoms with Gasteiger partial charge in [0.1, 0.15) is 5.82 Å². The molecule has 0 unspecified atom stereocenters. The molecule has 178 valence electrons. The molecule has 34 heavy (non-hydrogen) atoms. The number of hydrogen-bond donors (Lipinski definition) is 1. The first-order valence-corrected chi connectivity index (χ1v) is 12.9. The van der Waals surface area contributed by atoms with E-state index >= 15 is 0 Å². The lowest BCUT2D eigenvalue weighted by molar-refractivity contribution is -0.131. The number of nitrogens with zero attached hydrogens (tertiary/aromatic N) is 5. The molecular weight excluding hydrogens is 456 g/mol. The van der Waals surface area contributed by atoms with Crippen LogP contribution < -0.4 is 9.62 Å². The molecule has 1 N–H and O–H groups in total. The molecule has 1 atom stereocenters. The Labute approximate surface area is 197 Å². The summed E-state index contributed by atoms with van der Waals surface area (Å²) in [5.74, 6) is 0.609. The van der Waals surface area contributed by atoms with Gasteiger partial charge in [0.05, 0.1) is 11.4 Å². The molecule has 0 bridgehead atoms. The van der Waals surface area contributed by atoms with E-state index in [4.69, 9.17) is 0 Å². The van der Waals surface area contributed by atoms with Gasteiger partial charge in [0, 0.05) is 43.9 Å². The number of amides is 2. The maximum Gasteiger partial charge on any atom is 0.241 e. The van der Waals surface area contributed by atoms with Crippen molar-refractivity contribution in [3.8, 4) is 0 Å². The van der Waals surface area contributed by atoms with Crippen molar-refractivity contribution in [3.63, 3.8) is 0 Å². The number of fused-ring (bicyclic) bond motifs is 1. The number of aromatic nitrogens is 3. The maximum absolute atomic E-state index is 12.8. The smallest absolute Gasteiger partial charge is 0.241 e. The van der Waals surface area contributed by atoms with Crippen LogP contribution in [-0.2, 0) is 19.6 Å². The van der Waals surface area contributed by atoms with Crippen molar-refractivity contribution in [2.45, 2.75) is 36.5 Å². The highest BCUT2D eigenvalue weighted by atomic mass is 32.2. The van der Waals surface area contributed by atoms with Gasteiger partial charge < -0.3 is 9.80 Å². The average Bonchev–Trinajstić information content (AvgIpc) is 3.49. The lowest BCUT2D eigenvalue weighted by Crippen LogP contribution is -2.44. The SMILES string of the molecule is O=C(CNS(=O)(=O)c1ccc(N2CCCC2=O)cc1)N1CCC[C@@H](c2nnc3ccccn23)C1. The van der Waals surface area contributed by atoms with Gasteiger partial charge in [-0.1, -0.05) is 6.07 Å². The molecule has 2 aliphatic heterocycles. The third-order valence-electron chi connectivity index (χ3n) is 6.42. The Morgan fingerprint density at radius 1 is 1.06 bits per heavy atom. The molecule has 4 heterocycles. The lowest BCUT2D eigenvalue weighted by atomic mass is 9.97. The zero-order valence-corrected chi connectivity index (χ0v) is 19.4. The Hall–Kier alpha value is -3.31. The quantitative estimate of drug-likeness (QED) is 0.570. The van der Waals surface area contributed by atoms with Crippen LogP contribution in [0.5, 0.6) is 0 Å². The van der Waals surface area contributed by atoms with Crippen LogP contribution in [-0.4, -0.2) is 65.9 Å². The number of rotatable bonds is 6. The van der Waals surface area contributed by atoms with E-state index in [1.54, 1.807) is 21.9 Å². The zero-order valence-electron chi connectivity index (χ0n) is 18.6. The fraction of sp³-hybridized carbons (Fsp3) is 0.391. The Kier molecular flexibility index (Phi) is 6.05. The minimum atomic E-state index is -3.86. The maximum atomic E-state index is 12.8. The molecule has 2 aromatic heterocycles. The van der Waals surface area contributed by atoms with Gasteiger partial charge in [0.25, 0.3) is 0 Å². The Morgan fingerprint density at radius 3 is 2.65 bits per heavy atom. The second-order valence-electron chi connectivity index (χ2n) is 8.63. The average molecular weight is 483 g/mol. The fourth-order valence-electron chi connectivity index (χ4n) is 4.63. The third kappa shape index (κ3) is 4.40. The van der Waals surface area contributed by atoms with E-state index in [0.29, 0.717) is 31.7 Å². The van der Waals surface area contributed by atoms with Crippen LogP contribution in [0.3, 0.4) is 0 Å². The highest BCUT2D eigenvalue weighted by Gasteiger charge is 2.29. The van der Waals surface area contributed by atoms with Crippen molar-refractivity contribution in [2.24, 2.45) is 0 Å². The van der Waals surface area contributed by atoms with Crippen molar-refractivity contribution in [2.75, 3.05) is 31.1 Å². The van der Waals surface area contributed by atoms with Crippen LogP contribution in [0.15, 0.2) is 53.6 Å². The van der Waals surface area contributed by atoms with Gasteiger partial charge >= 0.3 is 0 Å². The van der Waals surface area contributed by atoms with Crippen LogP contribution >= 0.6 is 0 Å². The standard InChI is InChI=1S/C23H26N6O4S/c30-21-7-4-14-28(21)18-8-10-19(11-9-18)34(32,33)24-15-22(31)27-12-3-5-17(16-27)23-26-25-20-6-1-2-13-29(20)23/h1-2,6,8-11,13,17,24H,3-5,7,12,14-16H2/t17-/m1/s1. The summed E-state index contributed by atoms with van der Waals surface area (Å²) in [5.41, 5.74) is 1.44. The van der Waals surface area contributed by atoms with Crippen molar-refractivity contribution >= 4 is 33.2 Å². The number of anilines is 1. The second-order valence-corrected chi connectivity index (χ2v) is 10.4. The molecule has 0 saturated carbocycles. The first kappa shape index (κ1) is 22.5. The van der Waals surface area contributed by atoms with Crippen LogP contribution in [0.2, 0.25) is 0 Å². The summed E-state index contributed by atoms with van der Waals surface area (Å²) < 4.78 is 29.8. The van der Waals surface area contributed by atoms with Gasteiger partial charge in [-0.05, 0) is 55.7 Å². The first-order valence-electron chi connectivity index (χ1n) is 11.4. The number of carbonyl (C=O) groups excluding carboxylic acids is 2. The predicted octanol–water partition coefficient (Wildman–Crippen LogP) is 1.54. The van der Waals surface area contributed by atoms with Gasteiger partial charge in [-0.15, -0.1) is 10.2 Å². The number of carbonyl (C=O) groups is 2. The van der Waals surface area contributed by atoms with Crippen LogP contribution in [0.1, 0.15) is 37.4 Å². The third-order valence-corrected chi connectivity index (χ3v) is 7.84. The van der Waals surface area contributed by atoms with E-state index in [-0.39, 0.29) is 29.2 Å². The number of sulfonamides is 1. The van der Waals surface area contributed by atoms with Gasteiger partial charge in [-0.3, -0.25) is 14.0 Å². The fourth-order valence-corrected chi connectivity index (χ4v) is 5.61. The molecule has 11 heteroatoms.